The fourth-order valence-electron chi connectivity index (χ4n) is 0.803. The second-order valence-electron chi connectivity index (χ2n) is 2.43. The number of hydroxylamine groups is 2. The maximum Gasteiger partial charge on any atom is 0.160 e. The van der Waals surface area contributed by atoms with Crippen molar-refractivity contribution in [2.24, 2.45) is 0 Å². The van der Waals surface area contributed by atoms with E-state index in [-0.39, 0.29) is 22.4 Å². The van der Waals surface area contributed by atoms with Gasteiger partial charge in [0, 0.05) is 0 Å². The lowest BCUT2D eigenvalue weighted by Gasteiger charge is -2.16. The Labute approximate surface area is 53.3 Å². The van der Waals surface area contributed by atoms with Crippen LogP contribution in [0.4, 0.5) is 0 Å². The van der Waals surface area contributed by atoms with Gasteiger partial charge in [-0.2, -0.15) is 0 Å². The standard InChI is InChI=1S/C4H11N3O2/c1-3-4(2)7(9)5-6(3)8/h3-7H,1-2H3. The van der Waals surface area contributed by atoms with E-state index in [0.717, 1.165) is 0 Å². The molecule has 1 fully saturated rings. The number of rotatable bonds is 0. The summed E-state index contributed by atoms with van der Waals surface area (Å²) in [5.41, 5.74) is 2.24. The highest BCUT2D eigenvalue weighted by Gasteiger charge is 2.33. The summed E-state index contributed by atoms with van der Waals surface area (Å²) in [7, 11) is 0. The number of hydrogen-bond acceptors (Lipinski definition) is 3. The fraction of sp³-hybridized carbons (Fsp3) is 1.00. The van der Waals surface area contributed by atoms with Crippen LogP contribution in [0.25, 0.3) is 0 Å². The predicted molar refractivity (Wildman–Crippen MR) is 30.7 cm³/mol. The van der Waals surface area contributed by atoms with Gasteiger partial charge in [-0.15, -0.1) is 0 Å². The second-order valence-corrected chi connectivity index (χ2v) is 2.43. The SMILES string of the molecule is CC1C(C)[NH+]([O-])N[NH+]1[O-]. The zero-order valence-corrected chi connectivity index (χ0v) is 5.47. The van der Waals surface area contributed by atoms with Crippen LogP contribution in [-0.2, 0) is 0 Å². The van der Waals surface area contributed by atoms with E-state index < -0.39 is 0 Å². The van der Waals surface area contributed by atoms with Gasteiger partial charge in [0.05, 0.1) is 0 Å². The van der Waals surface area contributed by atoms with E-state index in [9.17, 15) is 10.4 Å². The molecule has 0 spiro atoms. The van der Waals surface area contributed by atoms with Crippen molar-refractivity contribution in [2.75, 3.05) is 0 Å². The first-order valence-electron chi connectivity index (χ1n) is 2.97. The van der Waals surface area contributed by atoms with Crippen LogP contribution in [0.15, 0.2) is 0 Å². The molecule has 1 heterocycles. The number of nitrogens with one attached hydrogen (secondary N) is 3. The molecule has 4 atom stereocenters. The van der Waals surface area contributed by atoms with Gasteiger partial charge in [0.25, 0.3) is 0 Å². The summed E-state index contributed by atoms with van der Waals surface area (Å²) in [5.74, 6) is 0. The van der Waals surface area contributed by atoms with Gasteiger partial charge in [0.1, 0.15) is 0 Å². The van der Waals surface area contributed by atoms with Crippen LogP contribution in [0.2, 0.25) is 0 Å². The highest BCUT2D eigenvalue weighted by Crippen LogP contribution is 1.81. The quantitative estimate of drug-likeness (QED) is 0.308. The van der Waals surface area contributed by atoms with Crippen LogP contribution in [0.5, 0.6) is 0 Å². The fourth-order valence-corrected chi connectivity index (χ4v) is 0.803. The first kappa shape index (κ1) is 6.91. The molecule has 1 aliphatic heterocycles. The smallest absolute Gasteiger partial charge is 0.160 e. The molecule has 5 nitrogen and oxygen atoms in total. The van der Waals surface area contributed by atoms with Gasteiger partial charge in [-0.25, -0.2) is 10.3 Å². The summed E-state index contributed by atoms with van der Waals surface area (Å²) >= 11 is 0. The van der Waals surface area contributed by atoms with Crippen LogP contribution in [0, 0.1) is 10.4 Å². The Hall–Kier alpha value is -0.200. The van der Waals surface area contributed by atoms with Crippen molar-refractivity contribution in [3.05, 3.63) is 10.4 Å². The van der Waals surface area contributed by atoms with Crippen molar-refractivity contribution < 1.29 is 10.3 Å². The van der Waals surface area contributed by atoms with Crippen molar-refractivity contribution in [3.8, 4) is 0 Å². The average molecular weight is 133 g/mol. The molecule has 0 radical (unpaired) electrons. The Balaban J connectivity index is 2.54. The predicted octanol–water partition coefficient (Wildman–Crippen LogP) is -3.04. The third kappa shape index (κ3) is 1.05. The average Bonchev–Trinajstić information content (AvgIpc) is 1.98. The van der Waals surface area contributed by atoms with Gasteiger partial charge in [-0.1, -0.05) is 0 Å². The van der Waals surface area contributed by atoms with Gasteiger partial charge in [-0.05, 0) is 19.4 Å². The Bertz CT molecular complexity index is 98.0. The maximum atomic E-state index is 10.7. The number of hydrogen-bond donors (Lipinski definition) is 3. The topological polar surface area (TPSA) is 67.0 Å². The highest BCUT2D eigenvalue weighted by atomic mass is 16.6. The molecule has 1 aliphatic rings. The molecular formula is C4H11N3O2. The molecule has 0 aromatic carbocycles. The van der Waals surface area contributed by atoms with Crippen LogP contribution in [0.3, 0.4) is 0 Å². The van der Waals surface area contributed by atoms with E-state index in [1.54, 1.807) is 13.8 Å². The minimum atomic E-state index is -0.146. The molecule has 0 aromatic rings. The lowest BCUT2D eigenvalue weighted by atomic mass is 10.2. The molecule has 5 heteroatoms. The summed E-state index contributed by atoms with van der Waals surface area (Å²) in [5, 5.41) is 21.0. The molecule has 0 saturated carbocycles. The van der Waals surface area contributed by atoms with Crippen LogP contribution < -0.4 is 15.9 Å². The molecule has 1 saturated heterocycles. The van der Waals surface area contributed by atoms with E-state index in [1.807, 2.05) is 0 Å². The van der Waals surface area contributed by atoms with E-state index in [1.165, 1.54) is 0 Å². The molecule has 9 heavy (non-hydrogen) atoms. The minimum Gasteiger partial charge on any atom is -0.609 e. The Morgan fingerprint density at radius 1 is 1.11 bits per heavy atom. The Kier molecular flexibility index (Phi) is 1.69. The van der Waals surface area contributed by atoms with Gasteiger partial charge in [0.15, 0.2) is 12.1 Å². The molecule has 3 N–H and O–H groups in total. The molecule has 0 aliphatic carbocycles. The van der Waals surface area contributed by atoms with E-state index in [2.05, 4.69) is 5.53 Å². The highest BCUT2D eigenvalue weighted by molar-refractivity contribution is 4.57. The summed E-state index contributed by atoms with van der Waals surface area (Å²) in [4.78, 5) is 0. The molecule has 0 amide bonds. The lowest BCUT2D eigenvalue weighted by Crippen LogP contribution is -3.29. The van der Waals surface area contributed by atoms with E-state index in [4.69, 9.17) is 0 Å². The zero-order chi connectivity index (χ0) is 7.02. The Morgan fingerprint density at radius 3 is 1.56 bits per heavy atom. The van der Waals surface area contributed by atoms with Crippen LogP contribution in [0.1, 0.15) is 13.8 Å². The first-order valence-corrected chi connectivity index (χ1v) is 2.97. The molecule has 0 bridgehead atoms. The number of quaternary nitrogens is 2. The van der Waals surface area contributed by atoms with Gasteiger partial charge < -0.3 is 10.4 Å². The van der Waals surface area contributed by atoms with Crippen molar-refractivity contribution in [3.63, 3.8) is 0 Å². The van der Waals surface area contributed by atoms with Crippen molar-refractivity contribution >= 4 is 0 Å². The van der Waals surface area contributed by atoms with Gasteiger partial charge in [-0.3, -0.25) is 0 Å². The van der Waals surface area contributed by atoms with Gasteiger partial charge in [0.2, 0.25) is 0 Å². The van der Waals surface area contributed by atoms with Crippen LogP contribution >= 0.6 is 0 Å². The third-order valence-corrected chi connectivity index (χ3v) is 1.82. The first-order chi connectivity index (χ1) is 4.13. The Morgan fingerprint density at radius 2 is 1.44 bits per heavy atom. The molecule has 0 aromatic heterocycles. The van der Waals surface area contributed by atoms with Crippen molar-refractivity contribution in [1.29, 1.82) is 0 Å². The van der Waals surface area contributed by atoms with Crippen molar-refractivity contribution in [2.45, 2.75) is 25.9 Å². The molecule has 4 unspecified atom stereocenters. The summed E-state index contributed by atoms with van der Waals surface area (Å²) < 4.78 is 0. The molecular weight excluding hydrogens is 122 g/mol. The van der Waals surface area contributed by atoms with E-state index in [0.29, 0.717) is 0 Å². The summed E-state index contributed by atoms with van der Waals surface area (Å²) in [6.45, 7) is 3.51. The van der Waals surface area contributed by atoms with Crippen molar-refractivity contribution in [1.82, 2.24) is 5.53 Å². The maximum absolute atomic E-state index is 10.7. The zero-order valence-electron chi connectivity index (χ0n) is 5.47. The molecule has 54 valence electrons. The van der Waals surface area contributed by atoms with Gasteiger partial charge >= 0.3 is 0 Å². The van der Waals surface area contributed by atoms with Crippen LogP contribution in [-0.4, -0.2) is 12.1 Å². The lowest BCUT2D eigenvalue weighted by molar-refractivity contribution is -1.06. The summed E-state index contributed by atoms with van der Waals surface area (Å²) in [6.07, 6.45) is 0. The normalized spacial score (nSPS) is 52.0. The third-order valence-electron chi connectivity index (χ3n) is 1.82. The summed E-state index contributed by atoms with van der Waals surface area (Å²) in [6, 6.07) is -0.282. The second kappa shape index (κ2) is 2.20. The minimum absolute atomic E-state index is 0.141. The molecule has 1 rings (SSSR count). The largest absolute Gasteiger partial charge is 0.609 e. The monoisotopic (exact) mass is 133 g/mol. The van der Waals surface area contributed by atoms with E-state index >= 15 is 0 Å².